The highest BCUT2D eigenvalue weighted by Gasteiger charge is 2.48. The molecule has 1 aliphatic carbocycles. The Hall–Kier alpha value is -7.56. The summed E-state index contributed by atoms with van der Waals surface area (Å²) in [6.07, 6.45) is 2.26. The summed E-state index contributed by atoms with van der Waals surface area (Å²) in [5.41, 5.74) is 26.0. The minimum atomic E-state index is -0.157. The summed E-state index contributed by atoms with van der Waals surface area (Å²) in [5, 5.41) is 0. The van der Waals surface area contributed by atoms with E-state index in [1.807, 2.05) is 0 Å². The fraction of sp³-hybridized carbons (Fsp3) is 0.270. The van der Waals surface area contributed by atoms with Crippen LogP contribution >= 0.6 is 0 Å². The Morgan fingerprint density at radius 1 is 0.385 bits per heavy atom. The first kappa shape index (κ1) is 51.2. The van der Waals surface area contributed by atoms with Gasteiger partial charge in [0.05, 0.1) is 11.4 Å². The molecule has 0 bridgehead atoms. The Labute approximate surface area is 466 Å². The molecular weight excluding hydrogens is 942 g/mol. The molecule has 0 amide bonds. The quantitative estimate of drug-likeness (QED) is 0.147. The van der Waals surface area contributed by atoms with Gasteiger partial charge in [-0.15, -0.1) is 0 Å². The van der Waals surface area contributed by atoms with Crippen LogP contribution in [0.25, 0.3) is 22.3 Å². The molecule has 78 heavy (non-hydrogen) atoms. The van der Waals surface area contributed by atoms with Crippen LogP contribution in [0.2, 0.25) is 0 Å². The van der Waals surface area contributed by atoms with Gasteiger partial charge >= 0.3 is 0 Å². The molecule has 2 heterocycles. The number of benzene rings is 9. The minimum Gasteiger partial charge on any atom is -0.311 e. The first-order valence-corrected chi connectivity index (χ1v) is 28.5. The van der Waals surface area contributed by atoms with Gasteiger partial charge in [0.2, 0.25) is 0 Å². The molecule has 3 aliphatic rings. The monoisotopic (exact) mass is 1020 g/mol. The third-order valence-corrected chi connectivity index (χ3v) is 17.5. The SMILES string of the molecule is CC(C)(C)c1ccc(N2c3ccc(C(C)(C)C)cc3B3c4cc5c(cc4N(c4cc(-c6ccccc6)c(C(C)(C)C)cc4-c4ccccc4)c4cc(N(c6ccccc6)c6ccccc6)cc2c43)C(C)(C)CCC5(C)C)cc1. The summed E-state index contributed by atoms with van der Waals surface area (Å²) in [6, 6.07) is 76.6. The van der Waals surface area contributed by atoms with Crippen LogP contribution < -0.4 is 31.1 Å². The summed E-state index contributed by atoms with van der Waals surface area (Å²) in [6.45, 7) is 31.0. The molecule has 9 aromatic carbocycles. The van der Waals surface area contributed by atoms with Gasteiger partial charge in [-0.05, 0) is 174 Å². The highest BCUT2D eigenvalue weighted by Crippen LogP contribution is 2.54. The van der Waals surface area contributed by atoms with Crippen LogP contribution in [-0.4, -0.2) is 6.71 Å². The number of nitrogens with zero attached hydrogens (tertiary/aromatic N) is 3. The Morgan fingerprint density at radius 3 is 1.38 bits per heavy atom. The molecule has 2 aliphatic heterocycles. The average molecular weight is 1020 g/mol. The van der Waals surface area contributed by atoms with Crippen molar-refractivity contribution in [3.8, 4) is 22.3 Å². The molecule has 0 aromatic heterocycles. The van der Waals surface area contributed by atoms with Crippen molar-refractivity contribution in [1.29, 1.82) is 0 Å². The molecule has 0 saturated carbocycles. The van der Waals surface area contributed by atoms with E-state index in [2.05, 4.69) is 305 Å². The maximum Gasteiger partial charge on any atom is 0.252 e. The van der Waals surface area contributed by atoms with E-state index in [1.165, 1.54) is 94.9 Å². The van der Waals surface area contributed by atoms with Crippen LogP contribution in [0, 0.1) is 0 Å². The van der Waals surface area contributed by atoms with Crippen LogP contribution in [0.1, 0.15) is 131 Å². The molecule has 0 fully saturated rings. The predicted molar refractivity (Wildman–Crippen MR) is 337 cm³/mol. The van der Waals surface area contributed by atoms with Crippen molar-refractivity contribution >= 4 is 74.3 Å². The van der Waals surface area contributed by atoms with Crippen molar-refractivity contribution in [1.82, 2.24) is 0 Å². The van der Waals surface area contributed by atoms with E-state index < -0.39 is 0 Å². The molecule has 0 saturated heterocycles. The Balaban J connectivity index is 1.29. The fourth-order valence-corrected chi connectivity index (χ4v) is 13.0. The lowest BCUT2D eigenvalue weighted by Gasteiger charge is -2.48. The van der Waals surface area contributed by atoms with E-state index in [9.17, 15) is 0 Å². The number of anilines is 9. The van der Waals surface area contributed by atoms with Crippen LogP contribution in [0.3, 0.4) is 0 Å². The van der Waals surface area contributed by atoms with Gasteiger partial charge in [-0.1, -0.05) is 217 Å². The third-order valence-electron chi connectivity index (χ3n) is 17.5. The largest absolute Gasteiger partial charge is 0.311 e. The van der Waals surface area contributed by atoms with E-state index in [0.717, 1.165) is 35.6 Å². The second-order valence-corrected chi connectivity index (χ2v) is 26.9. The van der Waals surface area contributed by atoms with Crippen LogP contribution in [-0.2, 0) is 27.1 Å². The van der Waals surface area contributed by atoms with Gasteiger partial charge in [0.15, 0.2) is 0 Å². The van der Waals surface area contributed by atoms with Crippen molar-refractivity contribution in [3.63, 3.8) is 0 Å². The number of hydrogen-bond donors (Lipinski definition) is 0. The molecule has 9 aromatic rings. The van der Waals surface area contributed by atoms with Crippen molar-refractivity contribution in [2.45, 2.75) is 130 Å². The maximum atomic E-state index is 2.72. The summed E-state index contributed by atoms with van der Waals surface area (Å²) in [4.78, 5) is 7.79. The molecule has 0 radical (unpaired) electrons. The molecule has 12 rings (SSSR count). The van der Waals surface area contributed by atoms with Gasteiger partial charge in [-0.25, -0.2) is 0 Å². The average Bonchev–Trinajstić information content (AvgIpc) is 3.60. The number of fused-ring (bicyclic) bond motifs is 5. The van der Waals surface area contributed by atoms with E-state index in [0.29, 0.717) is 0 Å². The van der Waals surface area contributed by atoms with Gasteiger partial charge in [0, 0.05) is 45.4 Å². The number of rotatable bonds is 7. The van der Waals surface area contributed by atoms with Gasteiger partial charge in [0.1, 0.15) is 0 Å². The fourth-order valence-electron chi connectivity index (χ4n) is 13.0. The summed E-state index contributed by atoms with van der Waals surface area (Å²) < 4.78 is 0. The number of para-hydroxylation sites is 2. The summed E-state index contributed by atoms with van der Waals surface area (Å²) >= 11 is 0. The zero-order valence-electron chi connectivity index (χ0n) is 48.4. The molecule has 4 heteroatoms. The smallest absolute Gasteiger partial charge is 0.252 e. The normalized spacial score (nSPS) is 15.3. The third kappa shape index (κ3) is 8.77. The zero-order valence-corrected chi connectivity index (χ0v) is 48.4. The second-order valence-electron chi connectivity index (χ2n) is 26.9. The molecule has 0 N–H and O–H groups in total. The van der Waals surface area contributed by atoms with Gasteiger partial charge in [0.25, 0.3) is 6.71 Å². The molecule has 0 atom stereocenters. The standard InChI is InChI=1S/C74H76BN3/c1-70(2,3)51-34-37-55(38-35-51)77-64-39-36-52(71(4,5)6)42-62(64)75-63-47-60-61(74(12,13)41-40-73(60,10)11)48-66(63)78(68-44-56(43-67(77)69(68)75)76(53-30-22-16-23-31-53)54-32-24-17-25-33-54)65-46-57(49-26-18-14-19-27-49)59(72(7,8)9)45-58(65)50-28-20-15-21-29-50/h14-39,42-48H,40-41H2,1-13H3. The molecule has 3 nitrogen and oxygen atoms in total. The molecule has 390 valence electrons. The molecule has 0 spiro atoms. The van der Waals surface area contributed by atoms with Crippen molar-refractivity contribution in [2.75, 3.05) is 14.7 Å². The minimum absolute atomic E-state index is 0.000708. The van der Waals surface area contributed by atoms with E-state index in [4.69, 9.17) is 0 Å². The highest BCUT2D eigenvalue weighted by atomic mass is 15.2. The first-order valence-electron chi connectivity index (χ1n) is 28.5. The topological polar surface area (TPSA) is 9.72 Å². The predicted octanol–water partition coefficient (Wildman–Crippen LogP) is 18.8. The lowest BCUT2D eigenvalue weighted by atomic mass is 9.33. The van der Waals surface area contributed by atoms with Crippen molar-refractivity contribution < 1.29 is 0 Å². The maximum absolute atomic E-state index is 2.72. The zero-order chi connectivity index (χ0) is 54.7. The lowest BCUT2D eigenvalue weighted by molar-refractivity contribution is 0.332. The van der Waals surface area contributed by atoms with E-state index >= 15 is 0 Å². The summed E-state index contributed by atoms with van der Waals surface area (Å²) in [7, 11) is 0. The van der Waals surface area contributed by atoms with Crippen molar-refractivity contribution in [2.24, 2.45) is 0 Å². The molecular formula is C74H76BN3. The van der Waals surface area contributed by atoms with Crippen LogP contribution in [0.5, 0.6) is 0 Å². The van der Waals surface area contributed by atoms with Gasteiger partial charge in [-0.2, -0.15) is 0 Å². The van der Waals surface area contributed by atoms with E-state index in [-0.39, 0.29) is 33.8 Å². The number of hydrogen-bond acceptors (Lipinski definition) is 3. The first-order chi connectivity index (χ1) is 37.1. The van der Waals surface area contributed by atoms with Crippen molar-refractivity contribution in [3.05, 3.63) is 228 Å². The Morgan fingerprint density at radius 2 is 0.859 bits per heavy atom. The lowest BCUT2D eigenvalue weighted by Crippen LogP contribution is -2.62. The van der Waals surface area contributed by atoms with Gasteiger partial charge < -0.3 is 14.7 Å². The Bertz CT molecular complexity index is 3680. The highest BCUT2D eigenvalue weighted by molar-refractivity contribution is 7.00. The van der Waals surface area contributed by atoms with E-state index in [1.54, 1.807) is 0 Å². The Kier molecular flexibility index (Phi) is 12.2. The van der Waals surface area contributed by atoms with Crippen LogP contribution in [0.15, 0.2) is 200 Å². The molecule has 0 unspecified atom stereocenters. The van der Waals surface area contributed by atoms with Gasteiger partial charge in [-0.3, -0.25) is 0 Å². The van der Waals surface area contributed by atoms with Crippen LogP contribution in [0.4, 0.5) is 51.2 Å². The second kappa shape index (κ2) is 18.5. The summed E-state index contributed by atoms with van der Waals surface area (Å²) in [5.74, 6) is 0.